The van der Waals surface area contributed by atoms with E-state index < -0.39 is 11.6 Å². The predicted octanol–water partition coefficient (Wildman–Crippen LogP) is 2.79. The van der Waals surface area contributed by atoms with Crippen LogP contribution in [0.25, 0.3) is 11.3 Å². The molecule has 5 heteroatoms. The average Bonchev–Trinajstić information content (AvgIpc) is 3.01. The van der Waals surface area contributed by atoms with Gasteiger partial charge >= 0.3 is 0 Å². The normalized spacial score (nSPS) is 19.0. The summed E-state index contributed by atoms with van der Waals surface area (Å²) in [6, 6.07) is 6.11. The quantitative estimate of drug-likeness (QED) is 0.903. The van der Waals surface area contributed by atoms with Crippen LogP contribution in [0.3, 0.4) is 0 Å². The standard InChI is InChI=1S/C14H15F2N3/c1-19-14(12-3-2-6-17-12)8-13(18-19)9-4-5-10(15)11(16)7-9/h4-5,7-8,12,17H,2-3,6H2,1H3. The molecule has 3 rings (SSSR count). The maximum absolute atomic E-state index is 13.3. The van der Waals surface area contributed by atoms with Crippen LogP contribution in [0.4, 0.5) is 8.78 Å². The molecule has 1 aliphatic heterocycles. The first-order chi connectivity index (χ1) is 9.15. The average molecular weight is 263 g/mol. The summed E-state index contributed by atoms with van der Waals surface area (Å²) in [5, 5.41) is 7.79. The van der Waals surface area contributed by atoms with Gasteiger partial charge in [-0.15, -0.1) is 0 Å². The molecule has 2 heterocycles. The maximum atomic E-state index is 13.3. The van der Waals surface area contributed by atoms with Gasteiger partial charge in [-0.05, 0) is 43.7 Å². The second-order valence-electron chi connectivity index (χ2n) is 4.86. The van der Waals surface area contributed by atoms with Gasteiger partial charge < -0.3 is 5.32 Å². The van der Waals surface area contributed by atoms with Crippen molar-refractivity contribution in [3.05, 3.63) is 41.6 Å². The first kappa shape index (κ1) is 12.3. The number of hydrogen-bond acceptors (Lipinski definition) is 2. The van der Waals surface area contributed by atoms with Crippen LogP contribution < -0.4 is 5.32 Å². The molecule has 0 radical (unpaired) electrons. The Kier molecular flexibility index (Phi) is 3.06. The van der Waals surface area contributed by atoms with Crippen LogP contribution >= 0.6 is 0 Å². The third kappa shape index (κ3) is 2.26. The molecule has 1 unspecified atom stereocenters. The molecule has 1 saturated heterocycles. The molecule has 2 aromatic rings. The number of nitrogens with zero attached hydrogens (tertiary/aromatic N) is 2. The van der Waals surface area contributed by atoms with Gasteiger partial charge in [0.25, 0.3) is 0 Å². The summed E-state index contributed by atoms with van der Waals surface area (Å²) >= 11 is 0. The second kappa shape index (κ2) is 4.74. The maximum Gasteiger partial charge on any atom is 0.159 e. The van der Waals surface area contributed by atoms with Crippen molar-refractivity contribution in [2.45, 2.75) is 18.9 Å². The third-order valence-electron chi connectivity index (χ3n) is 3.55. The molecule has 1 atom stereocenters. The lowest BCUT2D eigenvalue weighted by atomic mass is 10.1. The van der Waals surface area contributed by atoms with Crippen LogP contribution in [0.5, 0.6) is 0 Å². The van der Waals surface area contributed by atoms with Gasteiger partial charge in [0.2, 0.25) is 0 Å². The van der Waals surface area contributed by atoms with Gasteiger partial charge in [0.15, 0.2) is 11.6 Å². The molecular weight excluding hydrogens is 248 g/mol. The van der Waals surface area contributed by atoms with Gasteiger partial charge in [-0.25, -0.2) is 8.78 Å². The SMILES string of the molecule is Cn1nc(-c2ccc(F)c(F)c2)cc1C1CCCN1. The molecule has 100 valence electrons. The van der Waals surface area contributed by atoms with Gasteiger partial charge in [-0.2, -0.15) is 5.10 Å². The predicted molar refractivity (Wildman–Crippen MR) is 68.5 cm³/mol. The van der Waals surface area contributed by atoms with Crippen LogP contribution in [-0.2, 0) is 7.05 Å². The van der Waals surface area contributed by atoms with Crippen LogP contribution in [0.1, 0.15) is 24.6 Å². The lowest BCUT2D eigenvalue weighted by molar-refractivity contribution is 0.509. The van der Waals surface area contributed by atoms with Crippen molar-refractivity contribution >= 4 is 0 Å². The molecule has 0 spiro atoms. The summed E-state index contributed by atoms with van der Waals surface area (Å²) < 4.78 is 28.0. The lowest BCUT2D eigenvalue weighted by Gasteiger charge is -2.09. The first-order valence-electron chi connectivity index (χ1n) is 6.38. The number of hydrogen-bond donors (Lipinski definition) is 1. The summed E-state index contributed by atoms with van der Waals surface area (Å²) in [5.41, 5.74) is 2.35. The van der Waals surface area contributed by atoms with Gasteiger partial charge in [-0.1, -0.05) is 0 Å². The van der Waals surface area contributed by atoms with Gasteiger partial charge in [0, 0.05) is 18.7 Å². The largest absolute Gasteiger partial charge is 0.309 e. The highest BCUT2D eigenvalue weighted by atomic mass is 19.2. The van der Waals surface area contributed by atoms with E-state index in [4.69, 9.17) is 0 Å². The Morgan fingerprint density at radius 3 is 2.79 bits per heavy atom. The van der Waals surface area contributed by atoms with E-state index in [9.17, 15) is 8.78 Å². The molecule has 1 aromatic heterocycles. The number of aryl methyl sites for hydroxylation is 1. The lowest BCUT2D eigenvalue weighted by Crippen LogP contribution is -2.16. The molecule has 19 heavy (non-hydrogen) atoms. The van der Waals surface area contributed by atoms with E-state index in [2.05, 4.69) is 10.4 Å². The Hall–Kier alpha value is -1.75. The fourth-order valence-electron chi connectivity index (χ4n) is 2.54. The molecule has 1 fully saturated rings. The Labute approximate surface area is 110 Å². The number of benzene rings is 1. The minimum Gasteiger partial charge on any atom is -0.309 e. The molecule has 3 nitrogen and oxygen atoms in total. The summed E-state index contributed by atoms with van der Waals surface area (Å²) in [6.07, 6.45) is 2.23. The van der Waals surface area contributed by atoms with E-state index in [1.165, 1.54) is 6.07 Å². The number of rotatable bonds is 2. The molecule has 1 aliphatic rings. The van der Waals surface area contributed by atoms with Crippen LogP contribution in [-0.4, -0.2) is 16.3 Å². The Bertz CT molecular complexity index is 601. The van der Waals surface area contributed by atoms with E-state index in [-0.39, 0.29) is 0 Å². The molecule has 1 N–H and O–H groups in total. The number of halogens is 2. The summed E-state index contributed by atoms with van der Waals surface area (Å²) in [6.45, 7) is 1.01. The van der Waals surface area contributed by atoms with Crippen LogP contribution in [0, 0.1) is 11.6 Å². The minimum absolute atomic E-state index is 0.302. The van der Waals surface area contributed by atoms with E-state index in [0.717, 1.165) is 31.1 Å². The van der Waals surface area contributed by atoms with Crippen molar-refractivity contribution in [1.29, 1.82) is 0 Å². The minimum atomic E-state index is -0.844. The van der Waals surface area contributed by atoms with Gasteiger partial charge in [0.05, 0.1) is 11.4 Å². The highest BCUT2D eigenvalue weighted by Gasteiger charge is 2.20. The van der Waals surface area contributed by atoms with Crippen LogP contribution in [0.15, 0.2) is 24.3 Å². The van der Waals surface area contributed by atoms with Gasteiger partial charge in [-0.3, -0.25) is 4.68 Å². The Morgan fingerprint density at radius 1 is 1.26 bits per heavy atom. The molecule has 0 amide bonds. The van der Waals surface area contributed by atoms with Crippen molar-refractivity contribution in [3.8, 4) is 11.3 Å². The highest BCUT2D eigenvalue weighted by molar-refractivity contribution is 5.59. The van der Waals surface area contributed by atoms with Crippen molar-refractivity contribution < 1.29 is 8.78 Å². The Morgan fingerprint density at radius 2 is 2.11 bits per heavy atom. The first-order valence-corrected chi connectivity index (χ1v) is 6.38. The van der Waals surface area contributed by atoms with E-state index >= 15 is 0 Å². The van der Waals surface area contributed by atoms with Crippen molar-refractivity contribution in [3.63, 3.8) is 0 Å². The van der Waals surface area contributed by atoms with E-state index in [0.29, 0.717) is 17.3 Å². The topological polar surface area (TPSA) is 29.9 Å². The second-order valence-corrected chi connectivity index (χ2v) is 4.86. The monoisotopic (exact) mass is 263 g/mol. The highest BCUT2D eigenvalue weighted by Crippen LogP contribution is 2.27. The van der Waals surface area contributed by atoms with Crippen LogP contribution in [0.2, 0.25) is 0 Å². The Balaban J connectivity index is 1.96. The summed E-state index contributed by atoms with van der Waals surface area (Å²) in [7, 11) is 1.87. The van der Waals surface area contributed by atoms with Crippen molar-refractivity contribution in [2.24, 2.45) is 7.05 Å². The van der Waals surface area contributed by atoms with E-state index in [1.54, 1.807) is 10.7 Å². The number of nitrogens with one attached hydrogen (secondary N) is 1. The molecule has 1 aromatic carbocycles. The fraction of sp³-hybridized carbons (Fsp3) is 0.357. The van der Waals surface area contributed by atoms with Crippen molar-refractivity contribution in [2.75, 3.05) is 6.54 Å². The molecule has 0 bridgehead atoms. The molecular formula is C14H15F2N3. The van der Waals surface area contributed by atoms with E-state index in [1.807, 2.05) is 13.1 Å². The third-order valence-corrected chi connectivity index (χ3v) is 3.55. The zero-order valence-electron chi connectivity index (χ0n) is 10.7. The summed E-state index contributed by atoms with van der Waals surface area (Å²) in [4.78, 5) is 0. The smallest absolute Gasteiger partial charge is 0.159 e. The molecule has 0 aliphatic carbocycles. The fourth-order valence-corrected chi connectivity index (χ4v) is 2.54. The number of aromatic nitrogens is 2. The van der Waals surface area contributed by atoms with Gasteiger partial charge in [0.1, 0.15) is 0 Å². The summed E-state index contributed by atoms with van der Waals surface area (Å²) in [5.74, 6) is -1.68. The van der Waals surface area contributed by atoms with Crippen molar-refractivity contribution in [1.82, 2.24) is 15.1 Å². The molecule has 0 saturated carbocycles. The zero-order valence-corrected chi connectivity index (χ0v) is 10.7. The zero-order chi connectivity index (χ0) is 13.4.